The Morgan fingerprint density at radius 3 is 2.55 bits per heavy atom. The summed E-state index contributed by atoms with van der Waals surface area (Å²) >= 11 is 0. The van der Waals surface area contributed by atoms with Crippen molar-refractivity contribution in [1.29, 1.82) is 0 Å². The molecule has 0 amide bonds. The molecule has 0 saturated heterocycles. The highest BCUT2D eigenvalue weighted by atomic mass is 19.4. The summed E-state index contributed by atoms with van der Waals surface area (Å²) in [5.74, 6) is -0.847. The van der Waals surface area contributed by atoms with Gasteiger partial charge in [-0.15, -0.1) is 4.79 Å². The number of hydrogen-bond acceptors (Lipinski definition) is 4. The second kappa shape index (κ2) is 7.26. The van der Waals surface area contributed by atoms with Gasteiger partial charge in [-0.1, -0.05) is 29.6 Å². The molecule has 0 unspecified atom stereocenters. The molecule has 31 heavy (non-hydrogen) atoms. The third-order valence-electron chi connectivity index (χ3n) is 6.04. The van der Waals surface area contributed by atoms with E-state index in [0.717, 1.165) is 6.07 Å². The second-order valence-electron chi connectivity index (χ2n) is 7.78. The molecule has 0 saturated carbocycles. The minimum atomic E-state index is -4.98. The number of nitrogens with one attached hydrogen (secondary N) is 1. The summed E-state index contributed by atoms with van der Waals surface area (Å²) in [5, 5.41) is 24.2. The largest absolute Gasteiger partial charge is 0.508 e. The zero-order valence-corrected chi connectivity index (χ0v) is 16.4. The average molecular weight is 436 g/mol. The Bertz CT molecular complexity index is 1210. The van der Waals surface area contributed by atoms with E-state index in [9.17, 15) is 32.7 Å². The molecule has 0 fully saturated rings. The molecular weight excluding hydrogens is 416 g/mol. The Hall–Kier alpha value is -3.07. The maximum absolute atomic E-state index is 14.2. The summed E-state index contributed by atoms with van der Waals surface area (Å²) in [6.45, 7) is 1.69. The van der Waals surface area contributed by atoms with E-state index in [1.54, 1.807) is 6.92 Å². The molecule has 0 spiro atoms. The molecular formula is C22H20F4N2O3. The molecule has 0 aliphatic heterocycles. The minimum absolute atomic E-state index is 0.0930. The SMILES string of the molecule is CC[C@H]1C[C@](O)(C(F)(F)F)[C@@H](Nc2cccc3c2ccc(=O)n3F)c2cccc(O)c21. The lowest BCUT2D eigenvalue weighted by Gasteiger charge is -2.45. The normalized spacial score (nSPS) is 23.5. The van der Waals surface area contributed by atoms with Crippen molar-refractivity contribution in [3.8, 4) is 5.75 Å². The smallest absolute Gasteiger partial charge is 0.419 e. The van der Waals surface area contributed by atoms with Crippen molar-refractivity contribution < 1.29 is 27.9 Å². The van der Waals surface area contributed by atoms with E-state index < -0.39 is 35.7 Å². The number of phenolic OH excluding ortho intramolecular Hbond substituents is 1. The molecule has 1 aliphatic carbocycles. The summed E-state index contributed by atoms with van der Waals surface area (Å²) in [6.07, 6.45) is -5.33. The highest BCUT2D eigenvalue weighted by Crippen LogP contribution is 2.55. The molecule has 164 valence electrons. The minimum Gasteiger partial charge on any atom is -0.508 e. The van der Waals surface area contributed by atoms with Crippen molar-refractivity contribution in [2.24, 2.45) is 0 Å². The number of aromatic nitrogens is 1. The Balaban J connectivity index is 1.93. The van der Waals surface area contributed by atoms with Gasteiger partial charge in [-0.2, -0.15) is 13.2 Å². The molecule has 1 aromatic heterocycles. The molecule has 0 radical (unpaired) electrons. The molecule has 5 nitrogen and oxygen atoms in total. The van der Waals surface area contributed by atoms with Gasteiger partial charge in [0.25, 0.3) is 5.56 Å². The van der Waals surface area contributed by atoms with Gasteiger partial charge in [0.2, 0.25) is 0 Å². The maximum atomic E-state index is 14.2. The van der Waals surface area contributed by atoms with Crippen LogP contribution in [0.5, 0.6) is 5.75 Å². The molecule has 3 aromatic rings. The topological polar surface area (TPSA) is 74.5 Å². The molecule has 1 aliphatic rings. The Morgan fingerprint density at radius 2 is 1.87 bits per heavy atom. The van der Waals surface area contributed by atoms with Crippen LogP contribution in [-0.4, -0.2) is 26.8 Å². The number of halogens is 4. The van der Waals surface area contributed by atoms with Crippen LogP contribution >= 0.6 is 0 Å². The fraction of sp³-hybridized carbons (Fsp3) is 0.318. The van der Waals surface area contributed by atoms with Crippen LogP contribution in [0.1, 0.15) is 42.9 Å². The average Bonchev–Trinajstić information content (AvgIpc) is 2.72. The molecule has 1 heterocycles. The van der Waals surface area contributed by atoms with Crippen LogP contribution in [0.25, 0.3) is 10.9 Å². The molecule has 9 heteroatoms. The van der Waals surface area contributed by atoms with Crippen molar-refractivity contribution in [3.05, 3.63) is 70.0 Å². The van der Waals surface area contributed by atoms with Crippen molar-refractivity contribution in [2.75, 3.05) is 5.32 Å². The first-order valence-electron chi connectivity index (χ1n) is 9.77. The summed E-state index contributed by atoms with van der Waals surface area (Å²) in [6, 6.07) is 9.03. The first-order valence-corrected chi connectivity index (χ1v) is 9.77. The van der Waals surface area contributed by atoms with Gasteiger partial charge in [-0.05, 0) is 48.6 Å². The Morgan fingerprint density at radius 1 is 1.16 bits per heavy atom. The van der Waals surface area contributed by atoms with Crippen molar-refractivity contribution >= 4 is 16.6 Å². The number of aromatic hydroxyl groups is 1. The summed E-state index contributed by atoms with van der Waals surface area (Å²) in [4.78, 5) is 11.5. The van der Waals surface area contributed by atoms with E-state index in [0.29, 0.717) is 5.56 Å². The molecule has 0 bridgehead atoms. The van der Waals surface area contributed by atoms with E-state index in [2.05, 4.69) is 5.32 Å². The number of hydrogen-bond donors (Lipinski definition) is 3. The monoisotopic (exact) mass is 436 g/mol. The number of fused-ring (bicyclic) bond motifs is 2. The van der Waals surface area contributed by atoms with Gasteiger partial charge in [0.15, 0.2) is 5.60 Å². The van der Waals surface area contributed by atoms with E-state index in [-0.39, 0.29) is 39.1 Å². The third kappa shape index (κ3) is 3.23. The number of aliphatic hydroxyl groups is 1. The number of nitrogens with zero attached hydrogens (tertiary/aromatic N) is 1. The standard InChI is InChI=1S/C22H20F4N2O3/c1-2-12-11-21(31,22(23,24)25)20(14-5-3-8-17(29)19(12)14)27-15-6-4-7-16-13(15)9-10-18(30)28(16)26/h3-10,12,20,27,29,31H,2,11H2,1H3/t12-,20-,21+/m0/s1. The van der Waals surface area contributed by atoms with Crippen LogP contribution in [0.15, 0.2) is 53.3 Å². The van der Waals surface area contributed by atoms with Crippen LogP contribution in [0.2, 0.25) is 0 Å². The van der Waals surface area contributed by atoms with Crippen LogP contribution in [0.4, 0.5) is 23.3 Å². The fourth-order valence-corrected chi connectivity index (χ4v) is 4.46. The molecule has 3 atom stereocenters. The summed E-state index contributed by atoms with van der Waals surface area (Å²) < 4.78 is 56.7. The molecule has 3 N–H and O–H groups in total. The van der Waals surface area contributed by atoms with Crippen LogP contribution in [-0.2, 0) is 0 Å². The second-order valence-corrected chi connectivity index (χ2v) is 7.78. The Labute approximate surface area is 174 Å². The number of pyridine rings is 1. The summed E-state index contributed by atoms with van der Waals surface area (Å²) in [7, 11) is 0. The van der Waals surface area contributed by atoms with Crippen LogP contribution < -0.4 is 10.9 Å². The van der Waals surface area contributed by atoms with Gasteiger partial charge in [0.05, 0.1) is 11.6 Å². The lowest BCUT2D eigenvalue weighted by molar-refractivity contribution is -0.272. The first-order chi connectivity index (χ1) is 14.6. The van der Waals surface area contributed by atoms with Gasteiger partial charge in [0, 0.05) is 22.7 Å². The quantitative estimate of drug-likeness (QED) is 0.517. The molecule has 4 rings (SSSR count). The van der Waals surface area contributed by atoms with Crippen molar-refractivity contribution in [3.63, 3.8) is 0 Å². The highest BCUT2D eigenvalue weighted by molar-refractivity contribution is 5.91. The predicted molar refractivity (Wildman–Crippen MR) is 108 cm³/mol. The van der Waals surface area contributed by atoms with Crippen LogP contribution in [0, 0.1) is 0 Å². The maximum Gasteiger partial charge on any atom is 0.419 e. The number of phenols is 1. The first kappa shape index (κ1) is 21.2. The predicted octanol–water partition coefficient (Wildman–Crippen LogP) is 4.78. The Kier molecular flexibility index (Phi) is 4.96. The zero-order valence-electron chi connectivity index (χ0n) is 16.4. The number of anilines is 1. The highest BCUT2D eigenvalue weighted by Gasteiger charge is 2.62. The third-order valence-corrected chi connectivity index (χ3v) is 6.04. The number of benzene rings is 2. The van der Waals surface area contributed by atoms with Gasteiger partial charge >= 0.3 is 6.18 Å². The number of rotatable bonds is 3. The van der Waals surface area contributed by atoms with Crippen molar-refractivity contribution in [2.45, 2.75) is 43.5 Å². The van der Waals surface area contributed by atoms with E-state index in [1.807, 2.05) is 0 Å². The molecule has 2 aromatic carbocycles. The van der Waals surface area contributed by atoms with Crippen molar-refractivity contribution in [1.82, 2.24) is 4.79 Å². The van der Waals surface area contributed by atoms with Gasteiger partial charge in [-0.25, -0.2) is 0 Å². The summed E-state index contributed by atoms with van der Waals surface area (Å²) in [5.41, 5.74) is -3.59. The van der Waals surface area contributed by atoms with Gasteiger partial charge in [0.1, 0.15) is 5.75 Å². The lowest BCUT2D eigenvalue weighted by atomic mass is 9.69. The fourth-order valence-electron chi connectivity index (χ4n) is 4.46. The van der Waals surface area contributed by atoms with Crippen LogP contribution in [0.3, 0.4) is 0 Å². The van der Waals surface area contributed by atoms with E-state index in [4.69, 9.17) is 0 Å². The van der Waals surface area contributed by atoms with E-state index in [1.165, 1.54) is 42.5 Å². The van der Waals surface area contributed by atoms with Gasteiger partial charge < -0.3 is 15.5 Å². The van der Waals surface area contributed by atoms with E-state index >= 15 is 0 Å². The van der Waals surface area contributed by atoms with Gasteiger partial charge in [-0.3, -0.25) is 4.79 Å². The zero-order chi connectivity index (χ0) is 22.6. The number of alkyl halides is 3. The lowest BCUT2D eigenvalue weighted by Crippen LogP contribution is -2.55.